The van der Waals surface area contributed by atoms with E-state index in [4.69, 9.17) is 0 Å². The molecule has 1 aliphatic rings. The van der Waals surface area contributed by atoms with E-state index < -0.39 is 0 Å². The third-order valence-electron chi connectivity index (χ3n) is 3.74. The van der Waals surface area contributed by atoms with Crippen molar-refractivity contribution in [3.63, 3.8) is 0 Å². The van der Waals surface area contributed by atoms with Crippen LogP contribution in [0.4, 0.5) is 4.39 Å². The maximum atomic E-state index is 13.6. The molecular formula is C15H18FN3. The fourth-order valence-corrected chi connectivity index (χ4v) is 2.69. The van der Waals surface area contributed by atoms with Crippen LogP contribution in [0, 0.1) is 5.82 Å². The van der Waals surface area contributed by atoms with Crippen molar-refractivity contribution in [2.75, 3.05) is 6.54 Å². The Labute approximate surface area is 112 Å². The lowest BCUT2D eigenvalue weighted by atomic mass is 10.1. The molecule has 1 aromatic heterocycles. The van der Waals surface area contributed by atoms with Crippen molar-refractivity contribution >= 4 is 0 Å². The average molecular weight is 259 g/mol. The normalized spacial score (nSPS) is 18.9. The SMILES string of the molecule is Fc1ccccc1CCn1cncc1[C@@H]1CCCN1. The second-order valence-corrected chi connectivity index (χ2v) is 5.00. The Bertz CT molecular complexity index is 544. The van der Waals surface area contributed by atoms with Crippen molar-refractivity contribution in [1.82, 2.24) is 14.9 Å². The summed E-state index contributed by atoms with van der Waals surface area (Å²) in [6.45, 7) is 1.84. The molecule has 19 heavy (non-hydrogen) atoms. The Hall–Kier alpha value is -1.68. The molecule has 0 spiro atoms. The molecule has 1 saturated heterocycles. The highest BCUT2D eigenvalue weighted by Crippen LogP contribution is 2.22. The molecule has 4 heteroatoms. The summed E-state index contributed by atoms with van der Waals surface area (Å²) in [6.07, 6.45) is 6.83. The van der Waals surface area contributed by atoms with E-state index in [1.165, 1.54) is 18.2 Å². The quantitative estimate of drug-likeness (QED) is 0.915. The van der Waals surface area contributed by atoms with E-state index in [1.807, 2.05) is 24.7 Å². The first-order valence-corrected chi connectivity index (χ1v) is 6.81. The Morgan fingerprint density at radius 1 is 1.37 bits per heavy atom. The molecule has 1 aliphatic heterocycles. The number of benzene rings is 1. The second kappa shape index (κ2) is 5.53. The monoisotopic (exact) mass is 259 g/mol. The largest absolute Gasteiger partial charge is 0.333 e. The molecule has 1 aromatic carbocycles. The fraction of sp³-hybridized carbons (Fsp3) is 0.400. The third-order valence-corrected chi connectivity index (χ3v) is 3.74. The summed E-state index contributed by atoms with van der Waals surface area (Å²) in [4.78, 5) is 4.23. The van der Waals surface area contributed by atoms with Crippen LogP contribution in [0.3, 0.4) is 0 Å². The van der Waals surface area contributed by atoms with Gasteiger partial charge in [0.25, 0.3) is 0 Å². The molecule has 2 aromatic rings. The molecule has 1 N–H and O–H groups in total. The van der Waals surface area contributed by atoms with E-state index in [0.717, 1.165) is 25.1 Å². The molecule has 1 atom stereocenters. The number of aromatic nitrogens is 2. The first kappa shape index (κ1) is 12.4. The van der Waals surface area contributed by atoms with Gasteiger partial charge in [0.2, 0.25) is 0 Å². The Balaban J connectivity index is 1.70. The predicted molar refractivity (Wildman–Crippen MR) is 72.3 cm³/mol. The van der Waals surface area contributed by atoms with Crippen LogP contribution in [0.25, 0.3) is 0 Å². The number of hydrogen-bond acceptors (Lipinski definition) is 2. The number of imidazole rings is 1. The van der Waals surface area contributed by atoms with Crippen molar-refractivity contribution in [3.05, 3.63) is 53.9 Å². The Morgan fingerprint density at radius 2 is 2.26 bits per heavy atom. The van der Waals surface area contributed by atoms with Crippen molar-refractivity contribution in [1.29, 1.82) is 0 Å². The summed E-state index contributed by atoms with van der Waals surface area (Å²) in [5, 5.41) is 3.47. The maximum absolute atomic E-state index is 13.6. The van der Waals surface area contributed by atoms with Crippen LogP contribution in [-0.4, -0.2) is 16.1 Å². The lowest BCUT2D eigenvalue weighted by molar-refractivity contribution is 0.551. The molecule has 100 valence electrons. The third kappa shape index (κ3) is 2.68. The van der Waals surface area contributed by atoms with Crippen molar-refractivity contribution in [2.45, 2.75) is 31.8 Å². The van der Waals surface area contributed by atoms with Crippen LogP contribution in [0.5, 0.6) is 0 Å². The Kier molecular flexibility index (Phi) is 3.60. The summed E-state index contributed by atoms with van der Waals surface area (Å²) in [7, 11) is 0. The van der Waals surface area contributed by atoms with Gasteiger partial charge in [-0.3, -0.25) is 0 Å². The molecule has 0 amide bonds. The van der Waals surface area contributed by atoms with Gasteiger partial charge in [0.15, 0.2) is 0 Å². The minimum Gasteiger partial charge on any atom is -0.333 e. The van der Waals surface area contributed by atoms with E-state index in [0.29, 0.717) is 12.5 Å². The lowest BCUT2D eigenvalue weighted by Crippen LogP contribution is -2.17. The topological polar surface area (TPSA) is 29.9 Å². The molecule has 0 bridgehead atoms. The van der Waals surface area contributed by atoms with E-state index in [2.05, 4.69) is 14.9 Å². The number of aryl methyl sites for hydroxylation is 2. The number of rotatable bonds is 4. The van der Waals surface area contributed by atoms with Gasteiger partial charge < -0.3 is 9.88 Å². The summed E-state index contributed by atoms with van der Waals surface area (Å²) in [5.74, 6) is -0.122. The first-order chi connectivity index (χ1) is 9.34. The van der Waals surface area contributed by atoms with Crippen LogP contribution >= 0.6 is 0 Å². The van der Waals surface area contributed by atoms with Crippen LogP contribution in [0.2, 0.25) is 0 Å². The van der Waals surface area contributed by atoms with Gasteiger partial charge >= 0.3 is 0 Å². The molecule has 3 rings (SSSR count). The van der Waals surface area contributed by atoms with Crippen LogP contribution in [-0.2, 0) is 13.0 Å². The second-order valence-electron chi connectivity index (χ2n) is 5.00. The zero-order chi connectivity index (χ0) is 13.1. The van der Waals surface area contributed by atoms with Gasteiger partial charge in [-0.2, -0.15) is 0 Å². The molecule has 1 fully saturated rings. The van der Waals surface area contributed by atoms with Crippen LogP contribution in [0.1, 0.15) is 30.1 Å². The molecule has 0 unspecified atom stereocenters. The standard InChI is InChI=1S/C15H18FN3/c16-13-5-2-1-4-12(13)7-9-19-11-17-10-15(19)14-6-3-8-18-14/h1-2,4-5,10-11,14,18H,3,6-9H2/t14-/m0/s1. The van der Waals surface area contributed by atoms with Crippen molar-refractivity contribution < 1.29 is 4.39 Å². The molecule has 0 radical (unpaired) electrons. The molecule has 0 aliphatic carbocycles. The lowest BCUT2D eigenvalue weighted by Gasteiger charge is -2.14. The number of nitrogens with one attached hydrogen (secondary N) is 1. The van der Waals surface area contributed by atoms with Gasteiger partial charge in [0, 0.05) is 18.8 Å². The maximum Gasteiger partial charge on any atom is 0.126 e. The van der Waals surface area contributed by atoms with E-state index in [-0.39, 0.29) is 5.82 Å². The average Bonchev–Trinajstić information content (AvgIpc) is 3.08. The highest BCUT2D eigenvalue weighted by molar-refractivity contribution is 5.17. The van der Waals surface area contributed by atoms with Gasteiger partial charge in [-0.15, -0.1) is 0 Å². The summed E-state index contributed by atoms with van der Waals surface area (Å²) >= 11 is 0. The van der Waals surface area contributed by atoms with Gasteiger partial charge in [-0.05, 0) is 37.4 Å². The van der Waals surface area contributed by atoms with Crippen LogP contribution < -0.4 is 5.32 Å². The van der Waals surface area contributed by atoms with Gasteiger partial charge in [-0.25, -0.2) is 9.37 Å². The minimum absolute atomic E-state index is 0.122. The first-order valence-electron chi connectivity index (χ1n) is 6.81. The Morgan fingerprint density at radius 3 is 3.05 bits per heavy atom. The summed E-state index contributed by atoms with van der Waals surface area (Å²) < 4.78 is 15.7. The van der Waals surface area contributed by atoms with Gasteiger partial charge in [-0.1, -0.05) is 18.2 Å². The van der Waals surface area contributed by atoms with Crippen molar-refractivity contribution in [2.24, 2.45) is 0 Å². The van der Waals surface area contributed by atoms with Crippen molar-refractivity contribution in [3.8, 4) is 0 Å². The smallest absolute Gasteiger partial charge is 0.126 e. The van der Waals surface area contributed by atoms with E-state index in [9.17, 15) is 4.39 Å². The highest BCUT2D eigenvalue weighted by Gasteiger charge is 2.19. The minimum atomic E-state index is -0.122. The highest BCUT2D eigenvalue weighted by atomic mass is 19.1. The predicted octanol–water partition coefficient (Wildman–Crippen LogP) is 2.69. The molecular weight excluding hydrogens is 241 g/mol. The van der Waals surface area contributed by atoms with E-state index >= 15 is 0 Å². The van der Waals surface area contributed by atoms with E-state index in [1.54, 1.807) is 6.07 Å². The number of halogens is 1. The van der Waals surface area contributed by atoms with Crippen LogP contribution in [0.15, 0.2) is 36.8 Å². The number of nitrogens with zero attached hydrogens (tertiary/aromatic N) is 2. The number of hydrogen-bond donors (Lipinski definition) is 1. The fourth-order valence-electron chi connectivity index (χ4n) is 2.69. The molecule has 2 heterocycles. The van der Waals surface area contributed by atoms with Gasteiger partial charge in [0.05, 0.1) is 12.0 Å². The summed E-state index contributed by atoms with van der Waals surface area (Å²) in [5.41, 5.74) is 1.98. The zero-order valence-corrected chi connectivity index (χ0v) is 10.8. The molecule has 0 saturated carbocycles. The summed E-state index contributed by atoms with van der Waals surface area (Å²) in [6, 6.07) is 7.38. The molecule has 3 nitrogen and oxygen atoms in total. The van der Waals surface area contributed by atoms with Gasteiger partial charge in [0.1, 0.15) is 5.82 Å². The zero-order valence-electron chi connectivity index (χ0n) is 10.8.